The molecule has 0 spiro atoms. The van der Waals surface area contributed by atoms with E-state index in [-0.39, 0.29) is 12.5 Å². The maximum Gasteiger partial charge on any atom is 0.219 e. The number of ether oxygens (including phenoxy) is 2. The Morgan fingerprint density at radius 2 is 1.65 bits per heavy atom. The smallest absolute Gasteiger partial charge is 0.219 e. The van der Waals surface area contributed by atoms with Gasteiger partial charge in [-0.05, 0) is 24.2 Å². The number of β-amino-alcohol motifs (C(OH)–C–C–N with tert-alkyl or cyclic N) is 1. The molecule has 1 atom stereocenters. The normalized spacial score (nSPS) is 19.9. The third kappa shape index (κ3) is 7.07. The lowest BCUT2D eigenvalue weighted by atomic mass is 10.1. The first-order chi connectivity index (χ1) is 15.0. The van der Waals surface area contributed by atoms with Gasteiger partial charge in [-0.1, -0.05) is 13.0 Å². The van der Waals surface area contributed by atoms with Crippen LogP contribution >= 0.6 is 0 Å². The summed E-state index contributed by atoms with van der Waals surface area (Å²) in [6.45, 7) is 14.0. The van der Waals surface area contributed by atoms with Gasteiger partial charge in [0.25, 0.3) is 0 Å². The molecule has 174 valence electrons. The average Bonchev–Trinajstić information content (AvgIpc) is 2.79. The van der Waals surface area contributed by atoms with Crippen LogP contribution in [-0.2, 0) is 11.3 Å². The molecule has 0 aromatic heterocycles. The molecule has 2 aliphatic rings. The Kier molecular flexibility index (Phi) is 8.95. The molecule has 1 aromatic rings. The zero-order valence-corrected chi connectivity index (χ0v) is 19.3. The first-order valence-corrected chi connectivity index (χ1v) is 11.4. The molecule has 2 fully saturated rings. The van der Waals surface area contributed by atoms with E-state index in [1.165, 1.54) is 0 Å². The molecule has 1 amide bonds. The minimum absolute atomic E-state index is 0.147. The van der Waals surface area contributed by atoms with Crippen molar-refractivity contribution >= 4 is 5.91 Å². The highest BCUT2D eigenvalue weighted by atomic mass is 16.5. The van der Waals surface area contributed by atoms with Crippen LogP contribution in [0.15, 0.2) is 18.2 Å². The number of hydrogen-bond acceptors (Lipinski definition) is 7. The van der Waals surface area contributed by atoms with Crippen molar-refractivity contribution in [3.63, 3.8) is 0 Å². The van der Waals surface area contributed by atoms with E-state index in [0.717, 1.165) is 71.0 Å². The van der Waals surface area contributed by atoms with Crippen molar-refractivity contribution in [2.75, 3.05) is 79.2 Å². The van der Waals surface area contributed by atoms with Crippen LogP contribution in [0.25, 0.3) is 0 Å². The van der Waals surface area contributed by atoms with Crippen LogP contribution in [-0.4, -0.2) is 116 Å². The van der Waals surface area contributed by atoms with Crippen LogP contribution in [0.4, 0.5) is 0 Å². The summed E-state index contributed by atoms with van der Waals surface area (Å²) >= 11 is 0. The summed E-state index contributed by atoms with van der Waals surface area (Å²) in [5.41, 5.74) is 1.15. The monoisotopic (exact) mass is 434 g/mol. The van der Waals surface area contributed by atoms with Crippen molar-refractivity contribution in [1.82, 2.24) is 19.6 Å². The van der Waals surface area contributed by atoms with Gasteiger partial charge >= 0.3 is 0 Å². The van der Waals surface area contributed by atoms with Gasteiger partial charge in [0.15, 0.2) is 11.5 Å². The molecule has 0 unspecified atom stereocenters. The maximum atomic E-state index is 11.5. The van der Waals surface area contributed by atoms with Gasteiger partial charge in [0.2, 0.25) is 5.91 Å². The van der Waals surface area contributed by atoms with Crippen molar-refractivity contribution < 1.29 is 19.4 Å². The van der Waals surface area contributed by atoms with Crippen LogP contribution in [0.3, 0.4) is 0 Å². The molecule has 0 aliphatic carbocycles. The zero-order valence-electron chi connectivity index (χ0n) is 19.3. The molecule has 2 heterocycles. The van der Waals surface area contributed by atoms with Crippen molar-refractivity contribution in [3.05, 3.63) is 23.8 Å². The van der Waals surface area contributed by atoms with Gasteiger partial charge in [-0.25, -0.2) is 0 Å². The number of carbonyl (C=O) groups is 1. The lowest BCUT2D eigenvalue weighted by molar-refractivity contribution is -0.130. The number of carbonyl (C=O) groups excluding carboxylic acids is 1. The predicted molar refractivity (Wildman–Crippen MR) is 121 cm³/mol. The number of piperazine rings is 2. The molecule has 8 heteroatoms. The van der Waals surface area contributed by atoms with Gasteiger partial charge in [0.05, 0.1) is 7.11 Å². The van der Waals surface area contributed by atoms with Crippen molar-refractivity contribution in [1.29, 1.82) is 0 Å². The van der Waals surface area contributed by atoms with Gasteiger partial charge < -0.3 is 24.4 Å². The van der Waals surface area contributed by atoms with E-state index in [9.17, 15) is 9.90 Å². The molecule has 8 nitrogen and oxygen atoms in total. The third-order valence-electron chi connectivity index (χ3n) is 6.26. The highest BCUT2D eigenvalue weighted by molar-refractivity contribution is 5.73. The predicted octanol–water partition coefficient (Wildman–Crippen LogP) is 0.737. The second-order valence-corrected chi connectivity index (χ2v) is 8.47. The SMILES string of the molecule is CCN1CCN(C[C@H](O)COc2ccc(CN3CCN(C(C)=O)CC3)cc2OC)CC1. The first-order valence-electron chi connectivity index (χ1n) is 11.4. The summed E-state index contributed by atoms with van der Waals surface area (Å²) in [4.78, 5) is 20.4. The van der Waals surface area contributed by atoms with Crippen LogP contribution < -0.4 is 9.47 Å². The highest BCUT2D eigenvalue weighted by Crippen LogP contribution is 2.29. The quantitative estimate of drug-likeness (QED) is 0.615. The van der Waals surface area contributed by atoms with Crippen molar-refractivity contribution in [2.45, 2.75) is 26.5 Å². The van der Waals surface area contributed by atoms with Gasteiger partial charge in [0, 0.05) is 72.4 Å². The fourth-order valence-electron chi connectivity index (χ4n) is 4.23. The minimum Gasteiger partial charge on any atom is -0.493 e. The Morgan fingerprint density at radius 1 is 1.00 bits per heavy atom. The van der Waals surface area contributed by atoms with Gasteiger partial charge in [-0.3, -0.25) is 14.6 Å². The Morgan fingerprint density at radius 3 is 2.26 bits per heavy atom. The number of rotatable bonds is 9. The summed E-state index contributed by atoms with van der Waals surface area (Å²) < 4.78 is 11.4. The lowest BCUT2D eigenvalue weighted by Crippen LogP contribution is -2.49. The molecule has 1 N–H and O–H groups in total. The fourth-order valence-corrected chi connectivity index (χ4v) is 4.23. The number of methoxy groups -OCH3 is 1. The number of benzene rings is 1. The Labute approximate surface area is 186 Å². The Bertz CT molecular complexity index is 701. The number of aliphatic hydroxyl groups is 1. The molecule has 0 bridgehead atoms. The molecular formula is C23H38N4O4. The minimum atomic E-state index is -0.532. The van der Waals surface area contributed by atoms with Crippen LogP contribution in [0, 0.1) is 0 Å². The van der Waals surface area contributed by atoms with Gasteiger partial charge in [-0.15, -0.1) is 0 Å². The largest absolute Gasteiger partial charge is 0.493 e. The zero-order chi connectivity index (χ0) is 22.2. The number of nitrogens with zero attached hydrogens (tertiary/aromatic N) is 4. The standard InChI is InChI=1S/C23H38N4O4/c1-4-24-7-9-26(10-8-24)17-21(29)18-31-22-6-5-20(15-23(22)30-3)16-25-11-13-27(14-12-25)19(2)28/h5-6,15,21,29H,4,7-14,16-18H2,1-3H3/t21-/m0/s1. The second kappa shape index (κ2) is 11.7. The molecular weight excluding hydrogens is 396 g/mol. The lowest BCUT2D eigenvalue weighted by Gasteiger charge is -2.35. The van der Waals surface area contributed by atoms with E-state index < -0.39 is 6.10 Å². The van der Waals surface area contributed by atoms with Crippen LogP contribution in [0.5, 0.6) is 11.5 Å². The molecule has 31 heavy (non-hydrogen) atoms. The van der Waals surface area contributed by atoms with Crippen molar-refractivity contribution in [2.24, 2.45) is 0 Å². The third-order valence-corrected chi connectivity index (χ3v) is 6.26. The number of hydrogen-bond donors (Lipinski definition) is 1. The molecule has 3 rings (SSSR count). The van der Waals surface area contributed by atoms with E-state index in [4.69, 9.17) is 9.47 Å². The van der Waals surface area contributed by atoms with E-state index in [1.54, 1.807) is 14.0 Å². The second-order valence-electron chi connectivity index (χ2n) is 8.47. The van der Waals surface area contributed by atoms with E-state index in [2.05, 4.69) is 21.6 Å². The van der Waals surface area contributed by atoms with Crippen LogP contribution in [0.2, 0.25) is 0 Å². The van der Waals surface area contributed by atoms with E-state index >= 15 is 0 Å². The topological polar surface area (TPSA) is 68.7 Å². The Hall–Kier alpha value is -1.87. The number of likely N-dealkylation sites (N-methyl/N-ethyl adjacent to an activating group) is 1. The number of amides is 1. The van der Waals surface area contributed by atoms with Gasteiger partial charge in [-0.2, -0.15) is 0 Å². The summed E-state index contributed by atoms with van der Waals surface area (Å²) in [7, 11) is 1.64. The summed E-state index contributed by atoms with van der Waals surface area (Å²) in [5.74, 6) is 1.49. The van der Waals surface area contributed by atoms with Gasteiger partial charge in [0.1, 0.15) is 12.7 Å². The van der Waals surface area contributed by atoms with Crippen molar-refractivity contribution in [3.8, 4) is 11.5 Å². The molecule has 2 saturated heterocycles. The molecule has 0 saturated carbocycles. The number of aliphatic hydroxyl groups excluding tert-OH is 1. The Balaban J connectivity index is 1.46. The fraction of sp³-hybridized carbons (Fsp3) is 0.696. The summed E-state index contributed by atoms with van der Waals surface area (Å²) in [6, 6.07) is 5.97. The van der Waals surface area contributed by atoms with E-state index in [1.807, 2.05) is 23.1 Å². The highest BCUT2D eigenvalue weighted by Gasteiger charge is 2.20. The summed E-state index contributed by atoms with van der Waals surface area (Å²) in [5, 5.41) is 10.4. The molecule has 0 radical (unpaired) electrons. The van der Waals surface area contributed by atoms with E-state index in [0.29, 0.717) is 18.0 Å². The molecule has 1 aromatic carbocycles. The first kappa shape index (κ1) is 23.8. The maximum absolute atomic E-state index is 11.5. The summed E-state index contributed by atoms with van der Waals surface area (Å²) in [6.07, 6.45) is -0.532. The van der Waals surface area contributed by atoms with Crippen LogP contribution in [0.1, 0.15) is 19.4 Å². The average molecular weight is 435 g/mol. The molecule has 2 aliphatic heterocycles.